The summed E-state index contributed by atoms with van der Waals surface area (Å²) in [6.45, 7) is 6.98. The zero-order valence-corrected chi connectivity index (χ0v) is 10.9. The van der Waals surface area contributed by atoms with E-state index in [1.807, 2.05) is 6.07 Å². The van der Waals surface area contributed by atoms with Gasteiger partial charge < -0.3 is 10.1 Å². The van der Waals surface area contributed by atoms with E-state index in [-0.39, 0.29) is 5.56 Å². The molecule has 1 N–H and O–H groups in total. The van der Waals surface area contributed by atoms with Crippen molar-refractivity contribution in [2.45, 2.75) is 20.4 Å². The van der Waals surface area contributed by atoms with Crippen LogP contribution in [0.15, 0.2) is 18.2 Å². The Bertz CT molecular complexity index is 413. The van der Waals surface area contributed by atoms with Crippen molar-refractivity contribution >= 4 is 0 Å². The monoisotopic (exact) mass is 250 g/mol. The lowest BCUT2D eigenvalue weighted by Gasteiger charge is -2.08. The fraction of sp³-hybridized carbons (Fsp3) is 0.500. The lowest BCUT2D eigenvalue weighted by molar-refractivity contribution is 0.111. The summed E-state index contributed by atoms with van der Waals surface area (Å²) in [5.74, 6) is 0.0711. The highest BCUT2D eigenvalue weighted by atomic mass is 19.1. The SMILES string of the molecule is CC(C)COCCNCc1ccc(F)c(C#N)c1. The van der Waals surface area contributed by atoms with Gasteiger partial charge in [-0.2, -0.15) is 5.26 Å². The molecule has 0 radical (unpaired) electrons. The van der Waals surface area contributed by atoms with Gasteiger partial charge in [-0.3, -0.25) is 0 Å². The van der Waals surface area contributed by atoms with Crippen molar-refractivity contribution in [1.29, 1.82) is 5.26 Å². The van der Waals surface area contributed by atoms with E-state index in [0.717, 1.165) is 18.7 Å². The Kier molecular flexibility index (Phi) is 6.34. The maximum absolute atomic E-state index is 13.1. The van der Waals surface area contributed by atoms with E-state index in [9.17, 15) is 4.39 Å². The normalized spacial score (nSPS) is 10.6. The molecule has 0 atom stereocenters. The van der Waals surface area contributed by atoms with Crippen LogP contribution in [0.4, 0.5) is 4.39 Å². The predicted molar refractivity (Wildman–Crippen MR) is 68.5 cm³/mol. The van der Waals surface area contributed by atoms with Crippen molar-refractivity contribution in [3.63, 3.8) is 0 Å². The first-order valence-electron chi connectivity index (χ1n) is 6.10. The number of nitriles is 1. The van der Waals surface area contributed by atoms with E-state index in [2.05, 4.69) is 19.2 Å². The molecule has 0 aliphatic rings. The molecule has 4 heteroatoms. The molecule has 0 bridgehead atoms. The summed E-state index contributed by atoms with van der Waals surface area (Å²) in [7, 11) is 0. The van der Waals surface area contributed by atoms with Gasteiger partial charge in [0, 0.05) is 19.7 Å². The largest absolute Gasteiger partial charge is 0.380 e. The second-order valence-corrected chi connectivity index (χ2v) is 4.57. The van der Waals surface area contributed by atoms with Gasteiger partial charge in [-0.25, -0.2) is 4.39 Å². The molecule has 3 nitrogen and oxygen atoms in total. The minimum Gasteiger partial charge on any atom is -0.380 e. The molecule has 18 heavy (non-hydrogen) atoms. The van der Waals surface area contributed by atoms with Crippen molar-refractivity contribution in [3.8, 4) is 6.07 Å². The topological polar surface area (TPSA) is 45.0 Å². The molecule has 0 saturated carbocycles. The molecular weight excluding hydrogens is 231 g/mol. The molecule has 0 aliphatic heterocycles. The Hall–Kier alpha value is -1.44. The van der Waals surface area contributed by atoms with Crippen LogP contribution in [-0.2, 0) is 11.3 Å². The van der Waals surface area contributed by atoms with Crippen molar-refractivity contribution in [1.82, 2.24) is 5.32 Å². The van der Waals surface area contributed by atoms with Gasteiger partial charge in [0.05, 0.1) is 12.2 Å². The first-order chi connectivity index (χ1) is 8.63. The molecule has 0 spiro atoms. The van der Waals surface area contributed by atoms with Crippen LogP contribution in [-0.4, -0.2) is 19.8 Å². The van der Waals surface area contributed by atoms with Crippen LogP contribution in [0.1, 0.15) is 25.0 Å². The molecular formula is C14H19FN2O. The fourth-order valence-corrected chi connectivity index (χ4v) is 1.46. The summed E-state index contributed by atoms with van der Waals surface area (Å²) >= 11 is 0. The van der Waals surface area contributed by atoms with Crippen LogP contribution in [0.2, 0.25) is 0 Å². The van der Waals surface area contributed by atoms with Crippen molar-refractivity contribution in [2.24, 2.45) is 5.92 Å². The van der Waals surface area contributed by atoms with Gasteiger partial charge >= 0.3 is 0 Å². The highest BCUT2D eigenvalue weighted by Crippen LogP contribution is 2.09. The Labute approximate surface area is 108 Å². The fourth-order valence-electron chi connectivity index (χ4n) is 1.46. The van der Waals surface area contributed by atoms with Crippen LogP contribution in [0.3, 0.4) is 0 Å². The van der Waals surface area contributed by atoms with Crippen LogP contribution in [0, 0.1) is 23.1 Å². The molecule has 1 rings (SSSR count). The third-order valence-electron chi connectivity index (χ3n) is 2.35. The lowest BCUT2D eigenvalue weighted by Crippen LogP contribution is -2.20. The Morgan fingerprint density at radius 2 is 2.22 bits per heavy atom. The summed E-state index contributed by atoms with van der Waals surface area (Å²) in [5.41, 5.74) is 0.988. The van der Waals surface area contributed by atoms with E-state index in [0.29, 0.717) is 19.1 Å². The van der Waals surface area contributed by atoms with Gasteiger partial charge in [-0.1, -0.05) is 19.9 Å². The highest BCUT2D eigenvalue weighted by Gasteiger charge is 2.02. The Morgan fingerprint density at radius 1 is 1.44 bits per heavy atom. The van der Waals surface area contributed by atoms with Gasteiger partial charge in [-0.05, 0) is 23.6 Å². The van der Waals surface area contributed by atoms with Gasteiger partial charge in [0.25, 0.3) is 0 Å². The number of ether oxygens (including phenoxy) is 1. The number of nitrogens with one attached hydrogen (secondary N) is 1. The third-order valence-corrected chi connectivity index (χ3v) is 2.35. The van der Waals surface area contributed by atoms with Gasteiger partial charge in [0.2, 0.25) is 0 Å². The van der Waals surface area contributed by atoms with Gasteiger partial charge in [-0.15, -0.1) is 0 Å². The van der Waals surface area contributed by atoms with Gasteiger partial charge in [0.1, 0.15) is 11.9 Å². The number of nitrogens with zero attached hydrogens (tertiary/aromatic N) is 1. The van der Waals surface area contributed by atoms with Crippen molar-refractivity contribution < 1.29 is 9.13 Å². The van der Waals surface area contributed by atoms with E-state index in [1.54, 1.807) is 12.1 Å². The maximum atomic E-state index is 13.1. The average molecular weight is 250 g/mol. The van der Waals surface area contributed by atoms with Crippen LogP contribution in [0.5, 0.6) is 0 Å². The molecule has 1 aromatic carbocycles. The van der Waals surface area contributed by atoms with E-state index < -0.39 is 5.82 Å². The van der Waals surface area contributed by atoms with Crippen LogP contribution in [0.25, 0.3) is 0 Å². The van der Waals surface area contributed by atoms with Crippen molar-refractivity contribution in [3.05, 3.63) is 35.1 Å². The summed E-state index contributed by atoms with van der Waals surface area (Å²) < 4.78 is 18.5. The van der Waals surface area contributed by atoms with E-state index >= 15 is 0 Å². The summed E-state index contributed by atoms with van der Waals surface area (Å²) in [6, 6.07) is 6.40. The number of hydrogen-bond acceptors (Lipinski definition) is 3. The number of benzene rings is 1. The molecule has 0 unspecified atom stereocenters. The van der Waals surface area contributed by atoms with Crippen molar-refractivity contribution in [2.75, 3.05) is 19.8 Å². The van der Waals surface area contributed by atoms with Gasteiger partial charge in [0.15, 0.2) is 0 Å². The lowest BCUT2D eigenvalue weighted by atomic mass is 10.1. The molecule has 0 fully saturated rings. The van der Waals surface area contributed by atoms with Crippen LogP contribution >= 0.6 is 0 Å². The second kappa shape index (κ2) is 7.80. The third kappa shape index (κ3) is 5.26. The van der Waals surface area contributed by atoms with Crippen LogP contribution < -0.4 is 5.32 Å². The standard InChI is InChI=1S/C14H19FN2O/c1-11(2)10-18-6-5-17-9-12-3-4-14(15)13(7-12)8-16/h3-4,7,11,17H,5-6,9-10H2,1-2H3. The molecule has 0 aliphatic carbocycles. The Balaban J connectivity index is 2.26. The minimum atomic E-state index is -0.471. The van der Waals surface area contributed by atoms with E-state index in [1.165, 1.54) is 6.07 Å². The molecule has 98 valence electrons. The van der Waals surface area contributed by atoms with E-state index in [4.69, 9.17) is 10.00 Å². The minimum absolute atomic E-state index is 0.0883. The average Bonchev–Trinajstić information content (AvgIpc) is 2.35. The Morgan fingerprint density at radius 3 is 2.89 bits per heavy atom. The summed E-state index contributed by atoms with van der Waals surface area (Å²) in [4.78, 5) is 0. The summed E-state index contributed by atoms with van der Waals surface area (Å²) in [6.07, 6.45) is 0. The number of rotatable bonds is 7. The number of halogens is 1. The number of hydrogen-bond donors (Lipinski definition) is 1. The first kappa shape index (κ1) is 14.6. The smallest absolute Gasteiger partial charge is 0.140 e. The maximum Gasteiger partial charge on any atom is 0.140 e. The molecule has 0 heterocycles. The first-order valence-corrected chi connectivity index (χ1v) is 6.10. The predicted octanol–water partition coefficient (Wildman–Crippen LogP) is 2.46. The summed E-state index contributed by atoms with van der Waals surface area (Å²) in [5, 5.41) is 11.9. The molecule has 0 saturated heterocycles. The zero-order valence-electron chi connectivity index (χ0n) is 10.9. The molecule has 0 aromatic heterocycles. The second-order valence-electron chi connectivity index (χ2n) is 4.57. The highest BCUT2D eigenvalue weighted by molar-refractivity contribution is 5.34. The zero-order chi connectivity index (χ0) is 13.4. The quantitative estimate of drug-likeness (QED) is 0.756. The molecule has 1 aromatic rings. The molecule has 0 amide bonds.